The molecule has 42 heavy (non-hydrogen) atoms. The van der Waals surface area contributed by atoms with Crippen LogP contribution in [0.25, 0.3) is 0 Å². The van der Waals surface area contributed by atoms with Crippen molar-refractivity contribution in [3.8, 4) is 0 Å². The first-order valence-electron chi connectivity index (χ1n) is 12.2. The zero-order valence-corrected chi connectivity index (χ0v) is 25.4. The Morgan fingerprint density at radius 3 is 2.10 bits per heavy atom. The van der Waals surface area contributed by atoms with Gasteiger partial charge in [-0.05, 0) is 66.2 Å². The van der Waals surface area contributed by atoms with E-state index in [2.05, 4.69) is 10.0 Å². The lowest BCUT2D eigenvalue weighted by atomic mass is 10.1. The maximum Gasteiger partial charge on any atom is 0.303 e. The topological polar surface area (TPSA) is 116 Å². The van der Waals surface area contributed by atoms with Crippen LogP contribution in [-0.2, 0) is 26.8 Å². The summed E-state index contributed by atoms with van der Waals surface area (Å²) in [5.41, 5.74) is 1.14. The van der Waals surface area contributed by atoms with Crippen LogP contribution in [0.15, 0.2) is 95.9 Å². The van der Waals surface area contributed by atoms with E-state index < -0.39 is 32.0 Å². The molecule has 14 heteroatoms. The van der Waals surface area contributed by atoms with Gasteiger partial charge in [0.15, 0.2) is 0 Å². The number of amides is 1. The first-order valence-corrected chi connectivity index (χ1v) is 15.8. The highest BCUT2D eigenvalue weighted by Gasteiger charge is 2.27. The monoisotopic (exact) mass is 650 g/mol. The molecule has 1 amide bonds. The van der Waals surface area contributed by atoms with Crippen LogP contribution >= 0.6 is 23.2 Å². The standard InChI is InChI=1S/C28H25Cl2FN4O5S2/c1-34(2)42(39,40)35(26-9-4-3-7-24(26)31)18-19-10-12-20(13-11-19)28(36)32-21-14-16-22(17-15-21)41(37,38)33-25-8-5-6-23(29)27(25)30/h3-17,33H,18H2,1-2H3,(H,32,36). The van der Waals surface area contributed by atoms with Crippen LogP contribution in [0.4, 0.5) is 21.5 Å². The van der Waals surface area contributed by atoms with Gasteiger partial charge in [0.25, 0.3) is 15.9 Å². The van der Waals surface area contributed by atoms with Gasteiger partial charge >= 0.3 is 10.2 Å². The Balaban J connectivity index is 1.46. The lowest BCUT2D eigenvalue weighted by molar-refractivity contribution is 0.102. The number of halogens is 3. The van der Waals surface area contributed by atoms with E-state index in [1.54, 1.807) is 18.2 Å². The minimum Gasteiger partial charge on any atom is -0.322 e. The first-order chi connectivity index (χ1) is 19.8. The molecule has 0 saturated heterocycles. The van der Waals surface area contributed by atoms with Gasteiger partial charge in [0.2, 0.25) is 0 Å². The normalized spacial score (nSPS) is 11.8. The summed E-state index contributed by atoms with van der Waals surface area (Å²) >= 11 is 12.0. The number of nitrogens with zero attached hydrogens (tertiary/aromatic N) is 2. The van der Waals surface area contributed by atoms with Crippen molar-refractivity contribution < 1.29 is 26.0 Å². The molecular weight excluding hydrogens is 626 g/mol. The van der Waals surface area contributed by atoms with E-state index in [1.165, 1.54) is 86.9 Å². The predicted molar refractivity (Wildman–Crippen MR) is 163 cm³/mol. The summed E-state index contributed by atoms with van der Waals surface area (Å²) in [6.07, 6.45) is 0. The molecule has 220 valence electrons. The van der Waals surface area contributed by atoms with Crippen molar-refractivity contribution in [1.82, 2.24) is 4.31 Å². The Bertz CT molecular complexity index is 1820. The minimum atomic E-state index is -4.03. The predicted octanol–water partition coefficient (Wildman–Crippen LogP) is 6.00. The molecule has 4 aromatic carbocycles. The zero-order valence-electron chi connectivity index (χ0n) is 22.3. The number of hydrogen-bond acceptors (Lipinski definition) is 5. The van der Waals surface area contributed by atoms with Gasteiger partial charge in [0.05, 0.1) is 32.9 Å². The number of sulfonamides is 1. The van der Waals surface area contributed by atoms with Crippen LogP contribution in [0.1, 0.15) is 15.9 Å². The smallest absolute Gasteiger partial charge is 0.303 e. The van der Waals surface area contributed by atoms with Crippen LogP contribution in [-0.4, -0.2) is 41.1 Å². The number of carbonyl (C=O) groups is 1. The SMILES string of the molecule is CN(C)S(=O)(=O)N(Cc1ccc(C(=O)Nc2ccc(S(=O)(=O)Nc3cccc(Cl)c3Cl)cc2)cc1)c1ccccc1F. The Labute approximate surface area is 253 Å². The van der Waals surface area contributed by atoms with Crippen molar-refractivity contribution in [2.75, 3.05) is 28.4 Å². The third-order valence-corrected chi connectivity index (χ3v) is 10.0. The molecule has 0 saturated carbocycles. The first kappa shape index (κ1) is 31.3. The molecule has 0 spiro atoms. The maximum atomic E-state index is 14.5. The highest BCUT2D eigenvalue weighted by Crippen LogP contribution is 2.31. The van der Waals surface area contributed by atoms with Gasteiger partial charge in [-0.3, -0.25) is 13.8 Å². The molecule has 0 fully saturated rings. The van der Waals surface area contributed by atoms with Crippen LogP contribution < -0.4 is 14.3 Å². The van der Waals surface area contributed by atoms with E-state index in [1.807, 2.05) is 0 Å². The molecule has 0 unspecified atom stereocenters. The van der Waals surface area contributed by atoms with Crippen molar-refractivity contribution >= 4 is 66.4 Å². The van der Waals surface area contributed by atoms with Gasteiger partial charge in [-0.15, -0.1) is 0 Å². The van der Waals surface area contributed by atoms with Crippen LogP contribution in [0.3, 0.4) is 0 Å². The van der Waals surface area contributed by atoms with Crippen molar-refractivity contribution in [2.45, 2.75) is 11.4 Å². The molecule has 4 aromatic rings. The fourth-order valence-electron chi connectivity index (χ4n) is 3.78. The molecule has 0 aliphatic heterocycles. The Morgan fingerprint density at radius 1 is 0.833 bits per heavy atom. The van der Waals surface area contributed by atoms with Gasteiger partial charge in [0.1, 0.15) is 5.82 Å². The quantitative estimate of drug-likeness (QED) is 0.218. The van der Waals surface area contributed by atoms with E-state index in [0.29, 0.717) is 11.3 Å². The van der Waals surface area contributed by atoms with E-state index in [9.17, 15) is 26.0 Å². The molecule has 0 aliphatic carbocycles. The summed E-state index contributed by atoms with van der Waals surface area (Å²) in [5, 5.41) is 2.95. The van der Waals surface area contributed by atoms with Crippen molar-refractivity contribution in [3.63, 3.8) is 0 Å². The Hall–Kier alpha value is -3.68. The van der Waals surface area contributed by atoms with E-state index in [0.717, 1.165) is 8.61 Å². The largest absolute Gasteiger partial charge is 0.322 e. The molecule has 2 N–H and O–H groups in total. The molecule has 0 atom stereocenters. The number of anilines is 3. The number of nitrogens with one attached hydrogen (secondary N) is 2. The highest BCUT2D eigenvalue weighted by molar-refractivity contribution is 7.92. The van der Waals surface area contributed by atoms with E-state index in [-0.39, 0.29) is 38.4 Å². The molecule has 0 bridgehead atoms. The summed E-state index contributed by atoms with van der Waals surface area (Å²) in [7, 11) is -5.31. The highest BCUT2D eigenvalue weighted by atomic mass is 35.5. The van der Waals surface area contributed by atoms with E-state index in [4.69, 9.17) is 23.2 Å². The summed E-state index contributed by atoms with van der Waals surface area (Å²) in [4.78, 5) is 12.8. The van der Waals surface area contributed by atoms with Crippen molar-refractivity contribution in [3.05, 3.63) is 118 Å². The second-order valence-electron chi connectivity index (χ2n) is 9.13. The zero-order chi connectivity index (χ0) is 30.7. The Kier molecular flexibility index (Phi) is 9.43. The molecule has 9 nitrogen and oxygen atoms in total. The average molecular weight is 652 g/mol. The van der Waals surface area contributed by atoms with Gasteiger partial charge in [0, 0.05) is 25.3 Å². The second-order valence-corrected chi connectivity index (χ2v) is 13.7. The van der Waals surface area contributed by atoms with Crippen molar-refractivity contribution in [2.24, 2.45) is 0 Å². The average Bonchev–Trinajstić information content (AvgIpc) is 2.95. The molecule has 0 aliphatic rings. The number of para-hydroxylation sites is 1. The van der Waals surface area contributed by atoms with Gasteiger partial charge in [-0.1, -0.05) is 53.5 Å². The van der Waals surface area contributed by atoms with Crippen molar-refractivity contribution in [1.29, 1.82) is 0 Å². The fraction of sp³-hybridized carbons (Fsp3) is 0.107. The number of hydrogen-bond donors (Lipinski definition) is 2. The van der Waals surface area contributed by atoms with E-state index >= 15 is 0 Å². The molecular formula is C28H25Cl2FN4O5S2. The number of rotatable bonds is 10. The Morgan fingerprint density at radius 2 is 1.48 bits per heavy atom. The van der Waals surface area contributed by atoms with Gasteiger partial charge in [-0.25, -0.2) is 12.8 Å². The minimum absolute atomic E-state index is 0.0621. The third-order valence-electron chi connectivity index (χ3n) is 6.02. The van der Waals surface area contributed by atoms with Crippen LogP contribution in [0, 0.1) is 5.82 Å². The molecule has 0 aromatic heterocycles. The second kappa shape index (κ2) is 12.7. The van der Waals surface area contributed by atoms with Crippen LogP contribution in [0.5, 0.6) is 0 Å². The summed E-state index contributed by atoms with van der Waals surface area (Å²) < 4.78 is 70.2. The van der Waals surface area contributed by atoms with Gasteiger partial charge < -0.3 is 5.32 Å². The summed E-state index contributed by atoms with van der Waals surface area (Å²) in [6, 6.07) is 21.8. The summed E-state index contributed by atoms with van der Waals surface area (Å²) in [6.45, 7) is -0.173. The fourth-order valence-corrected chi connectivity index (χ4v) is 6.36. The lowest BCUT2D eigenvalue weighted by Gasteiger charge is -2.27. The van der Waals surface area contributed by atoms with Gasteiger partial charge in [-0.2, -0.15) is 12.7 Å². The third kappa shape index (κ3) is 7.02. The molecule has 0 radical (unpaired) electrons. The molecule has 4 rings (SSSR count). The summed E-state index contributed by atoms with van der Waals surface area (Å²) in [5.74, 6) is -1.17. The molecule has 0 heterocycles. The number of benzene rings is 4. The number of carbonyl (C=O) groups excluding carboxylic acids is 1. The lowest BCUT2D eigenvalue weighted by Crippen LogP contribution is -2.40. The maximum absolute atomic E-state index is 14.5. The van der Waals surface area contributed by atoms with Crippen LogP contribution in [0.2, 0.25) is 10.0 Å².